The lowest BCUT2D eigenvalue weighted by Gasteiger charge is -2.18. The molecule has 0 fully saturated rings. The van der Waals surface area contributed by atoms with E-state index in [4.69, 9.17) is 11.6 Å². The number of rotatable bonds is 4. The zero-order chi connectivity index (χ0) is 15.6. The first-order chi connectivity index (χ1) is 9.74. The van der Waals surface area contributed by atoms with Gasteiger partial charge in [-0.2, -0.15) is 0 Å². The number of anilines is 1. The second kappa shape index (κ2) is 6.46. The molecule has 1 unspecified atom stereocenters. The average molecular weight is 401 g/mol. The summed E-state index contributed by atoms with van der Waals surface area (Å²) in [6.45, 7) is 1.83. The number of ether oxygens (including phenoxy) is 1. The number of halogens is 5. The highest BCUT2D eigenvalue weighted by Crippen LogP contribution is 2.35. The predicted octanol–water partition coefficient (Wildman–Crippen LogP) is 6.24. The van der Waals surface area contributed by atoms with Crippen LogP contribution in [0.1, 0.15) is 18.5 Å². The number of benzene rings is 1. The van der Waals surface area contributed by atoms with Gasteiger partial charge < -0.3 is 10.1 Å². The maximum atomic E-state index is 12.4. The molecule has 2 nitrogen and oxygen atoms in total. The first kappa shape index (κ1) is 16.5. The Bertz CT molecular complexity index is 632. The standard InChI is InChI=1S/C13H10BrClF3NOS/c1-7(8-4-12(15)21-6-8)19-10-3-2-9(14)5-11(10)20-13(16,17)18/h2-7,19H,1H3. The van der Waals surface area contributed by atoms with Gasteiger partial charge >= 0.3 is 6.36 Å². The van der Waals surface area contributed by atoms with Gasteiger partial charge in [0.1, 0.15) is 0 Å². The highest BCUT2D eigenvalue weighted by Gasteiger charge is 2.32. The molecule has 0 aliphatic heterocycles. The Morgan fingerprint density at radius 2 is 2.05 bits per heavy atom. The van der Waals surface area contributed by atoms with Crippen LogP contribution < -0.4 is 10.1 Å². The van der Waals surface area contributed by atoms with Crippen molar-refractivity contribution in [1.29, 1.82) is 0 Å². The fourth-order valence-corrected chi connectivity index (χ4v) is 3.02. The summed E-state index contributed by atoms with van der Waals surface area (Å²) in [6.07, 6.45) is -4.74. The highest BCUT2D eigenvalue weighted by atomic mass is 79.9. The summed E-state index contributed by atoms with van der Waals surface area (Å²) in [5.74, 6) is -0.287. The van der Waals surface area contributed by atoms with Crippen LogP contribution in [0.4, 0.5) is 18.9 Å². The molecule has 2 aromatic rings. The third kappa shape index (κ3) is 4.79. The monoisotopic (exact) mass is 399 g/mol. The molecule has 1 aromatic carbocycles. The molecule has 1 aromatic heterocycles. The van der Waals surface area contributed by atoms with E-state index >= 15 is 0 Å². The van der Waals surface area contributed by atoms with E-state index in [0.717, 1.165) is 5.56 Å². The molecule has 0 bridgehead atoms. The van der Waals surface area contributed by atoms with E-state index in [1.165, 1.54) is 23.5 Å². The van der Waals surface area contributed by atoms with Gasteiger partial charge in [0.15, 0.2) is 5.75 Å². The fourth-order valence-electron chi connectivity index (χ4n) is 1.69. The van der Waals surface area contributed by atoms with E-state index in [1.54, 1.807) is 12.1 Å². The van der Waals surface area contributed by atoms with Crippen molar-refractivity contribution in [3.05, 3.63) is 44.0 Å². The van der Waals surface area contributed by atoms with Gasteiger partial charge in [-0.05, 0) is 42.1 Å². The minimum Gasteiger partial charge on any atom is -0.404 e. The van der Waals surface area contributed by atoms with E-state index in [1.807, 2.05) is 12.3 Å². The Morgan fingerprint density at radius 1 is 1.33 bits per heavy atom. The van der Waals surface area contributed by atoms with Crippen LogP contribution in [0, 0.1) is 0 Å². The van der Waals surface area contributed by atoms with Crippen molar-refractivity contribution in [3.8, 4) is 5.75 Å². The summed E-state index contributed by atoms with van der Waals surface area (Å²) in [5, 5.41) is 4.84. The van der Waals surface area contributed by atoms with Crippen LogP contribution in [-0.4, -0.2) is 6.36 Å². The number of nitrogens with one attached hydrogen (secondary N) is 1. The summed E-state index contributed by atoms with van der Waals surface area (Å²) in [4.78, 5) is 0. The van der Waals surface area contributed by atoms with Crippen LogP contribution in [0.5, 0.6) is 5.75 Å². The number of hydrogen-bond acceptors (Lipinski definition) is 3. The van der Waals surface area contributed by atoms with Crippen LogP contribution in [0.15, 0.2) is 34.1 Å². The lowest BCUT2D eigenvalue weighted by Crippen LogP contribution is -2.18. The van der Waals surface area contributed by atoms with Gasteiger partial charge in [0.25, 0.3) is 0 Å². The number of hydrogen-bond donors (Lipinski definition) is 1. The van der Waals surface area contributed by atoms with Gasteiger partial charge in [0.05, 0.1) is 10.0 Å². The highest BCUT2D eigenvalue weighted by molar-refractivity contribution is 9.10. The predicted molar refractivity (Wildman–Crippen MR) is 82.2 cm³/mol. The Kier molecular flexibility index (Phi) is 5.06. The van der Waals surface area contributed by atoms with Gasteiger partial charge in [0, 0.05) is 10.5 Å². The van der Waals surface area contributed by atoms with Crippen molar-refractivity contribution in [1.82, 2.24) is 0 Å². The Balaban J connectivity index is 2.22. The third-order valence-corrected chi connectivity index (χ3v) is 4.23. The lowest BCUT2D eigenvalue weighted by atomic mass is 10.1. The third-order valence-electron chi connectivity index (χ3n) is 2.63. The topological polar surface area (TPSA) is 21.3 Å². The smallest absolute Gasteiger partial charge is 0.404 e. The number of thiophene rings is 1. The normalized spacial score (nSPS) is 13.0. The van der Waals surface area contributed by atoms with Crippen LogP contribution in [0.25, 0.3) is 0 Å². The fraction of sp³-hybridized carbons (Fsp3) is 0.231. The van der Waals surface area contributed by atoms with E-state index in [-0.39, 0.29) is 17.5 Å². The summed E-state index contributed by atoms with van der Waals surface area (Å²) in [6, 6.07) is 6.00. The van der Waals surface area contributed by atoms with E-state index in [0.29, 0.717) is 8.81 Å². The Labute approximate surface area is 137 Å². The molecule has 0 saturated heterocycles. The first-order valence-electron chi connectivity index (χ1n) is 5.80. The van der Waals surface area contributed by atoms with Gasteiger partial charge in [-0.3, -0.25) is 0 Å². The van der Waals surface area contributed by atoms with Gasteiger partial charge in [-0.1, -0.05) is 27.5 Å². The maximum absolute atomic E-state index is 12.4. The Hall–Kier alpha value is -0.920. The van der Waals surface area contributed by atoms with Crippen LogP contribution in [0.3, 0.4) is 0 Å². The largest absolute Gasteiger partial charge is 0.573 e. The second-order valence-electron chi connectivity index (χ2n) is 4.24. The van der Waals surface area contributed by atoms with Crippen molar-refractivity contribution in [2.45, 2.75) is 19.3 Å². The zero-order valence-corrected chi connectivity index (χ0v) is 13.8. The van der Waals surface area contributed by atoms with Crippen molar-refractivity contribution in [2.24, 2.45) is 0 Å². The van der Waals surface area contributed by atoms with Crippen LogP contribution >= 0.6 is 38.9 Å². The molecule has 0 aliphatic rings. The molecule has 1 N–H and O–H groups in total. The van der Waals surface area contributed by atoms with Crippen molar-refractivity contribution >= 4 is 44.6 Å². The molecule has 0 saturated carbocycles. The Morgan fingerprint density at radius 3 is 2.62 bits per heavy atom. The molecule has 0 aliphatic carbocycles. The SMILES string of the molecule is CC(Nc1ccc(Br)cc1OC(F)(F)F)c1csc(Cl)c1. The lowest BCUT2D eigenvalue weighted by molar-refractivity contribution is -0.274. The first-order valence-corrected chi connectivity index (χ1v) is 7.85. The van der Waals surface area contributed by atoms with Gasteiger partial charge in [0.2, 0.25) is 0 Å². The van der Waals surface area contributed by atoms with Gasteiger partial charge in [-0.15, -0.1) is 24.5 Å². The molecule has 114 valence electrons. The summed E-state index contributed by atoms with van der Waals surface area (Å²) in [7, 11) is 0. The molecule has 0 spiro atoms. The zero-order valence-electron chi connectivity index (χ0n) is 10.7. The van der Waals surface area contributed by atoms with Crippen molar-refractivity contribution in [2.75, 3.05) is 5.32 Å². The van der Waals surface area contributed by atoms with E-state index in [9.17, 15) is 13.2 Å². The summed E-state index contributed by atoms with van der Waals surface area (Å²) < 4.78 is 42.5. The average Bonchev–Trinajstić information content (AvgIpc) is 2.77. The minimum absolute atomic E-state index is 0.203. The molecule has 21 heavy (non-hydrogen) atoms. The summed E-state index contributed by atoms with van der Waals surface area (Å²) >= 11 is 10.4. The summed E-state index contributed by atoms with van der Waals surface area (Å²) in [5.41, 5.74) is 1.15. The number of alkyl halides is 3. The molecule has 8 heteroatoms. The van der Waals surface area contributed by atoms with Crippen LogP contribution in [-0.2, 0) is 0 Å². The molecule has 1 heterocycles. The van der Waals surface area contributed by atoms with E-state index in [2.05, 4.69) is 26.0 Å². The minimum atomic E-state index is -4.74. The van der Waals surface area contributed by atoms with Crippen molar-refractivity contribution < 1.29 is 17.9 Å². The van der Waals surface area contributed by atoms with Gasteiger partial charge in [-0.25, -0.2) is 0 Å². The quantitative estimate of drug-likeness (QED) is 0.656. The second-order valence-corrected chi connectivity index (χ2v) is 6.70. The molecular weight excluding hydrogens is 391 g/mol. The maximum Gasteiger partial charge on any atom is 0.573 e. The molecule has 1 atom stereocenters. The molecule has 2 rings (SSSR count). The molecule has 0 radical (unpaired) electrons. The van der Waals surface area contributed by atoms with Crippen molar-refractivity contribution in [3.63, 3.8) is 0 Å². The van der Waals surface area contributed by atoms with E-state index < -0.39 is 6.36 Å². The van der Waals surface area contributed by atoms with Crippen LogP contribution in [0.2, 0.25) is 4.34 Å². The molecular formula is C13H10BrClF3NOS. The molecule has 0 amide bonds.